The van der Waals surface area contributed by atoms with E-state index in [0.29, 0.717) is 12.4 Å². The second kappa shape index (κ2) is 8.50. The van der Waals surface area contributed by atoms with Gasteiger partial charge in [0.2, 0.25) is 5.95 Å². The number of aromatic nitrogens is 2. The van der Waals surface area contributed by atoms with Crippen LogP contribution in [0.15, 0.2) is 70.7 Å². The van der Waals surface area contributed by atoms with Crippen molar-refractivity contribution < 1.29 is 9.84 Å². The molecule has 3 aromatic rings. The van der Waals surface area contributed by atoms with E-state index >= 15 is 0 Å². The van der Waals surface area contributed by atoms with Gasteiger partial charge in [0.25, 0.3) is 0 Å². The van der Waals surface area contributed by atoms with Crippen LogP contribution < -0.4 is 10.1 Å². The molecule has 5 nitrogen and oxygen atoms in total. The van der Waals surface area contributed by atoms with Crippen molar-refractivity contribution in [2.24, 2.45) is 0 Å². The zero-order chi connectivity index (χ0) is 17.5. The maximum Gasteiger partial charge on any atom is 0.228 e. The second-order valence-electron chi connectivity index (χ2n) is 5.30. The summed E-state index contributed by atoms with van der Waals surface area (Å²) in [6, 6.07) is 17.6. The number of hydrogen-bond donors (Lipinski definition) is 2. The number of aliphatic hydroxyl groups excluding tert-OH is 1. The van der Waals surface area contributed by atoms with Gasteiger partial charge in [-0.15, -0.1) is 0 Å². The Morgan fingerprint density at radius 2 is 2.00 bits per heavy atom. The molecule has 0 atom stereocenters. The van der Waals surface area contributed by atoms with Crippen LogP contribution in [0.2, 0.25) is 0 Å². The Kier molecular flexibility index (Phi) is 5.87. The first-order valence-electron chi connectivity index (χ1n) is 7.88. The molecule has 1 aromatic heterocycles. The van der Waals surface area contributed by atoms with Crippen LogP contribution in [0, 0.1) is 0 Å². The molecular formula is C19H19N3O2S. The maximum atomic E-state index is 9.06. The summed E-state index contributed by atoms with van der Waals surface area (Å²) in [6.45, 7) is 0.132. The Labute approximate surface area is 151 Å². The van der Waals surface area contributed by atoms with Gasteiger partial charge in [0.05, 0.1) is 7.11 Å². The molecule has 25 heavy (non-hydrogen) atoms. The Hall–Kier alpha value is -2.57. The summed E-state index contributed by atoms with van der Waals surface area (Å²) >= 11 is 1.55. The maximum absolute atomic E-state index is 9.06. The van der Waals surface area contributed by atoms with Crippen LogP contribution in [0.4, 0.5) is 11.6 Å². The van der Waals surface area contributed by atoms with Crippen LogP contribution in [-0.4, -0.2) is 28.8 Å². The van der Waals surface area contributed by atoms with Crippen molar-refractivity contribution >= 4 is 23.4 Å². The summed E-state index contributed by atoms with van der Waals surface area (Å²) < 4.78 is 5.25. The average Bonchev–Trinajstić information content (AvgIpc) is 2.63. The summed E-state index contributed by atoms with van der Waals surface area (Å²) in [5, 5.41) is 13.1. The molecule has 0 aliphatic heterocycles. The van der Waals surface area contributed by atoms with Gasteiger partial charge in [-0.2, -0.15) is 0 Å². The number of ether oxygens (including phenoxy) is 1. The van der Waals surface area contributed by atoms with Crippen LogP contribution in [0.3, 0.4) is 0 Å². The molecule has 6 heteroatoms. The Bertz CT molecular complexity index is 842. The third-order valence-corrected chi connectivity index (χ3v) is 4.40. The Morgan fingerprint density at radius 3 is 2.84 bits per heavy atom. The molecule has 0 spiro atoms. The molecule has 0 aliphatic carbocycles. The van der Waals surface area contributed by atoms with E-state index in [0.717, 1.165) is 26.9 Å². The fraction of sp³-hybridized carbons (Fsp3) is 0.158. The minimum atomic E-state index is 0.132. The molecule has 2 aromatic carbocycles. The lowest BCUT2D eigenvalue weighted by atomic mass is 10.1. The van der Waals surface area contributed by atoms with Gasteiger partial charge in [0, 0.05) is 23.4 Å². The van der Waals surface area contributed by atoms with E-state index in [9.17, 15) is 0 Å². The number of hydrogen-bond acceptors (Lipinski definition) is 6. The van der Waals surface area contributed by atoms with E-state index < -0.39 is 0 Å². The number of benzene rings is 2. The molecule has 0 aliphatic rings. The highest BCUT2D eigenvalue weighted by molar-refractivity contribution is 7.99. The fourth-order valence-corrected chi connectivity index (χ4v) is 3.13. The number of rotatable bonds is 7. The fourth-order valence-electron chi connectivity index (χ4n) is 2.31. The van der Waals surface area contributed by atoms with Crippen molar-refractivity contribution in [2.75, 3.05) is 19.0 Å². The van der Waals surface area contributed by atoms with Crippen LogP contribution >= 0.6 is 11.8 Å². The molecule has 0 saturated heterocycles. The van der Waals surface area contributed by atoms with E-state index in [4.69, 9.17) is 9.84 Å². The smallest absolute Gasteiger partial charge is 0.228 e. The predicted molar refractivity (Wildman–Crippen MR) is 99.7 cm³/mol. The number of nitrogens with zero attached hydrogens (tertiary/aromatic N) is 2. The second-order valence-corrected chi connectivity index (χ2v) is 6.39. The van der Waals surface area contributed by atoms with Crippen molar-refractivity contribution in [3.8, 4) is 5.75 Å². The highest BCUT2D eigenvalue weighted by Crippen LogP contribution is 2.29. The first kappa shape index (κ1) is 17.3. The van der Waals surface area contributed by atoms with Crippen LogP contribution in [0.5, 0.6) is 5.75 Å². The number of nitrogens with one attached hydrogen (secondary N) is 1. The van der Waals surface area contributed by atoms with E-state index in [-0.39, 0.29) is 6.61 Å². The van der Waals surface area contributed by atoms with Gasteiger partial charge < -0.3 is 15.2 Å². The summed E-state index contributed by atoms with van der Waals surface area (Å²) in [5.41, 5.74) is 1.96. The van der Waals surface area contributed by atoms with Gasteiger partial charge in [-0.05, 0) is 48.4 Å². The van der Waals surface area contributed by atoms with E-state index in [1.165, 1.54) is 0 Å². The van der Waals surface area contributed by atoms with E-state index in [2.05, 4.69) is 15.3 Å². The van der Waals surface area contributed by atoms with Crippen LogP contribution in [0.1, 0.15) is 5.56 Å². The molecule has 0 amide bonds. The summed E-state index contributed by atoms with van der Waals surface area (Å²) in [6.07, 6.45) is 2.36. The monoisotopic (exact) mass is 353 g/mol. The molecule has 2 N–H and O–H groups in total. The Morgan fingerprint density at radius 1 is 1.12 bits per heavy atom. The third kappa shape index (κ3) is 4.95. The number of aliphatic hydroxyl groups is 1. The van der Waals surface area contributed by atoms with Crippen LogP contribution in [-0.2, 0) is 6.42 Å². The zero-order valence-electron chi connectivity index (χ0n) is 13.8. The lowest BCUT2D eigenvalue weighted by Gasteiger charge is -2.08. The lowest BCUT2D eigenvalue weighted by Crippen LogP contribution is -1.98. The summed E-state index contributed by atoms with van der Waals surface area (Å²) in [7, 11) is 1.65. The standard InChI is InChI=1S/C19H19N3O2S/c1-24-16-6-3-7-17(13-16)25-18-8-10-20-19(22-18)21-15-5-2-4-14(12-15)9-11-23/h2-8,10,12-13,23H,9,11H2,1H3,(H,20,21,22). The molecule has 0 bridgehead atoms. The van der Waals surface area contributed by atoms with Gasteiger partial charge >= 0.3 is 0 Å². The number of methoxy groups -OCH3 is 1. The molecule has 1 heterocycles. The molecule has 128 valence electrons. The SMILES string of the molecule is COc1cccc(Sc2ccnc(Nc3cccc(CCO)c3)n2)c1. The van der Waals surface area contributed by atoms with Gasteiger partial charge in [-0.25, -0.2) is 9.97 Å². The molecule has 0 radical (unpaired) electrons. The van der Waals surface area contributed by atoms with Crippen molar-refractivity contribution in [3.05, 3.63) is 66.4 Å². The highest BCUT2D eigenvalue weighted by atomic mass is 32.2. The van der Waals surface area contributed by atoms with Crippen molar-refractivity contribution in [1.82, 2.24) is 9.97 Å². The predicted octanol–water partition coefficient (Wildman–Crippen LogP) is 3.91. The molecule has 0 unspecified atom stereocenters. The zero-order valence-corrected chi connectivity index (χ0v) is 14.7. The minimum absolute atomic E-state index is 0.132. The highest BCUT2D eigenvalue weighted by Gasteiger charge is 2.04. The van der Waals surface area contributed by atoms with Gasteiger partial charge in [-0.3, -0.25) is 0 Å². The van der Waals surface area contributed by atoms with E-state index in [1.807, 2.05) is 54.6 Å². The summed E-state index contributed by atoms with van der Waals surface area (Å²) in [5.74, 6) is 1.35. The average molecular weight is 353 g/mol. The van der Waals surface area contributed by atoms with Gasteiger partial charge in [0.1, 0.15) is 10.8 Å². The largest absolute Gasteiger partial charge is 0.497 e. The van der Waals surface area contributed by atoms with E-state index in [1.54, 1.807) is 25.1 Å². The quantitative estimate of drug-likeness (QED) is 0.628. The molecular weight excluding hydrogens is 334 g/mol. The topological polar surface area (TPSA) is 67.3 Å². The normalized spacial score (nSPS) is 10.5. The van der Waals surface area contributed by atoms with Gasteiger partial charge in [0.15, 0.2) is 0 Å². The van der Waals surface area contributed by atoms with Crippen LogP contribution in [0.25, 0.3) is 0 Å². The third-order valence-electron chi connectivity index (χ3n) is 3.48. The lowest BCUT2D eigenvalue weighted by molar-refractivity contribution is 0.299. The molecule has 0 fully saturated rings. The van der Waals surface area contributed by atoms with Gasteiger partial charge in [-0.1, -0.05) is 30.0 Å². The minimum Gasteiger partial charge on any atom is -0.497 e. The van der Waals surface area contributed by atoms with Crippen molar-refractivity contribution in [2.45, 2.75) is 16.3 Å². The molecule has 0 saturated carbocycles. The van der Waals surface area contributed by atoms with Crippen molar-refractivity contribution in [3.63, 3.8) is 0 Å². The number of anilines is 2. The Balaban J connectivity index is 1.74. The molecule has 3 rings (SSSR count). The first-order chi connectivity index (χ1) is 12.3. The first-order valence-corrected chi connectivity index (χ1v) is 8.70. The summed E-state index contributed by atoms with van der Waals surface area (Å²) in [4.78, 5) is 9.87. The van der Waals surface area contributed by atoms with Crippen molar-refractivity contribution in [1.29, 1.82) is 0 Å².